The summed E-state index contributed by atoms with van der Waals surface area (Å²) in [5.41, 5.74) is 0.134. The van der Waals surface area contributed by atoms with E-state index in [0.717, 1.165) is 12.8 Å². The first-order chi connectivity index (χ1) is 8.16. The molecule has 17 heavy (non-hydrogen) atoms. The van der Waals surface area contributed by atoms with Crippen LogP contribution in [0.3, 0.4) is 0 Å². The quantitative estimate of drug-likeness (QED) is 0.773. The van der Waals surface area contributed by atoms with Crippen LogP contribution in [0, 0.1) is 5.92 Å². The van der Waals surface area contributed by atoms with Crippen LogP contribution in [0.4, 0.5) is 0 Å². The molecule has 1 aromatic rings. The van der Waals surface area contributed by atoms with E-state index >= 15 is 0 Å². The van der Waals surface area contributed by atoms with E-state index in [1.54, 1.807) is 0 Å². The topological polar surface area (TPSA) is 92.2 Å². The van der Waals surface area contributed by atoms with E-state index < -0.39 is 17.9 Å². The molecule has 90 valence electrons. The Morgan fingerprint density at radius 3 is 2.76 bits per heavy atom. The molecule has 1 aliphatic carbocycles. The molecule has 1 fully saturated rings. The predicted octanol–water partition coefficient (Wildman–Crippen LogP) is 0.460. The highest BCUT2D eigenvalue weighted by atomic mass is 16.4. The van der Waals surface area contributed by atoms with Crippen molar-refractivity contribution in [3.63, 3.8) is 0 Å². The predicted molar refractivity (Wildman–Crippen MR) is 58.3 cm³/mol. The minimum Gasteiger partial charge on any atom is -0.480 e. The number of carboxylic acid groups (broad SMARTS) is 1. The number of amides is 1. The van der Waals surface area contributed by atoms with E-state index in [1.165, 1.54) is 18.6 Å². The van der Waals surface area contributed by atoms with Crippen LogP contribution >= 0.6 is 0 Å². The molecule has 0 spiro atoms. The van der Waals surface area contributed by atoms with Crippen LogP contribution in [0.2, 0.25) is 0 Å². The van der Waals surface area contributed by atoms with Crippen LogP contribution in [-0.2, 0) is 4.79 Å². The van der Waals surface area contributed by atoms with E-state index in [0.29, 0.717) is 12.3 Å². The van der Waals surface area contributed by atoms with E-state index in [1.807, 2.05) is 0 Å². The molecule has 0 saturated heterocycles. The SMILES string of the molecule is O=C(NC(CC1CC1)C(=O)O)c1cnccn1. The molecule has 1 saturated carbocycles. The second-order valence-corrected chi connectivity index (χ2v) is 4.13. The van der Waals surface area contributed by atoms with E-state index in [-0.39, 0.29) is 5.69 Å². The van der Waals surface area contributed by atoms with Gasteiger partial charge in [0.05, 0.1) is 6.20 Å². The Labute approximate surface area is 98.1 Å². The summed E-state index contributed by atoms with van der Waals surface area (Å²) < 4.78 is 0. The van der Waals surface area contributed by atoms with Crippen molar-refractivity contribution in [2.45, 2.75) is 25.3 Å². The maximum atomic E-state index is 11.7. The summed E-state index contributed by atoms with van der Waals surface area (Å²) in [6.45, 7) is 0. The maximum absolute atomic E-state index is 11.7. The fourth-order valence-electron chi connectivity index (χ4n) is 1.56. The van der Waals surface area contributed by atoms with Gasteiger partial charge >= 0.3 is 5.97 Å². The van der Waals surface area contributed by atoms with Crippen molar-refractivity contribution in [1.29, 1.82) is 0 Å². The Morgan fingerprint density at radius 1 is 1.47 bits per heavy atom. The summed E-state index contributed by atoms with van der Waals surface area (Å²) in [6, 6.07) is -0.836. The van der Waals surface area contributed by atoms with Gasteiger partial charge in [0.2, 0.25) is 0 Å². The van der Waals surface area contributed by atoms with Gasteiger partial charge in [-0.15, -0.1) is 0 Å². The minimum absolute atomic E-state index is 0.134. The normalized spacial score (nSPS) is 16.2. The van der Waals surface area contributed by atoms with Crippen LogP contribution in [0.15, 0.2) is 18.6 Å². The number of nitrogens with zero attached hydrogens (tertiary/aromatic N) is 2. The lowest BCUT2D eigenvalue weighted by atomic mass is 10.1. The number of aromatic nitrogens is 2. The van der Waals surface area contributed by atoms with Crippen molar-refractivity contribution >= 4 is 11.9 Å². The Hall–Kier alpha value is -1.98. The number of carbonyl (C=O) groups is 2. The number of hydrogen-bond donors (Lipinski definition) is 2. The first-order valence-corrected chi connectivity index (χ1v) is 5.46. The van der Waals surface area contributed by atoms with Gasteiger partial charge in [0.1, 0.15) is 11.7 Å². The van der Waals surface area contributed by atoms with Gasteiger partial charge in [0, 0.05) is 12.4 Å². The van der Waals surface area contributed by atoms with Gasteiger partial charge < -0.3 is 10.4 Å². The monoisotopic (exact) mass is 235 g/mol. The number of rotatable bonds is 5. The van der Waals surface area contributed by atoms with Gasteiger partial charge in [0.15, 0.2) is 0 Å². The van der Waals surface area contributed by atoms with E-state index in [4.69, 9.17) is 5.11 Å². The average Bonchev–Trinajstić information content (AvgIpc) is 3.13. The summed E-state index contributed by atoms with van der Waals surface area (Å²) >= 11 is 0. The molecule has 6 heteroatoms. The van der Waals surface area contributed by atoms with Crippen LogP contribution in [0.25, 0.3) is 0 Å². The van der Waals surface area contributed by atoms with Gasteiger partial charge in [-0.3, -0.25) is 9.78 Å². The van der Waals surface area contributed by atoms with Crippen molar-refractivity contribution in [2.75, 3.05) is 0 Å². The van der Waals surface area contributed by atoms with Gasteiger partial charge in [-0.1, -0.05) is 12.8 Å². The zero-order valence-corrected chi connectivity index (χ0v) is 9.17. The first kappa shape index (κ1) is 11.5. The Kier molecular flexibility index (Phi) is 3.32. The molecule has 1 amide bonds. The van der Waals surface area contributed by atoms with E-state index in [2.05, 4.69) is 15.3 Å². The number of carbonyl (C=O) groups excluding carboxylic acids is 1. The van der Waals surface area contributed by atoms with Crippen LogP contribution in [-0.4, -0.2) is 33.0 Å². The van der Waals surface area contributed by atoms with Gasteiger partial charge in [0.25, 0.3) is 5.91 Å². The third-order valence-electron chi connectivity index (χ3n) is 2.67. The van der Waals surface area contributed by atoms with Crippen molar-refractivity contribution in [1.82, 2.24) is 15.3 Å². The molecule has 6 nitrogen and oxygen atoms in total. The third kappa shape index (κ3) is 3.24. The molecule has 2 N–H and O–H groups in total. The van der Waals surface area contributed by atoms with E-state index in [9.17, 15) is 9.59 Å². The summed E-state index contributed by atoms with van der Waals surface area (Å²) in [6.07, 6.45) is 6.74. The summed E-state index contributed by atoms with van der Waals surface area (Å²) in [5.74, 6) is -1.07. The lowest BCUT2D eigenvalue weighted by molar-refractivity contribution is -0.139. The Bertz CT molecular complexity index is 417. The average molecular weight is 235 g/mol. The zero-order chi connectivity index (χ0) is 12.3. The smallest absolute Gasteiger partial charge is 0.326 e. The molecule has 1 atom stereocenters. The van der Waals surface area contributed by atoms with Gasteiger partial charge in [-0.2, -0.15) is 0 Å². The van der Waals surface area contributed by atoms with Crippen molar-refractivity contribution in [3.05, 3.63) is 24.3 Å². The molecule has 1 unspecified atom stereocenters. The highest BCUT2D eigenvalue weighted by Gasteiger charge is 2.30. The first-order valence-electron chi connectivity index (χ1n) is 5.46. The molecule has 0 radical (unpaired) electrons. The van der Waals surface area contributed by atoms with Gasteiger partial charge in [-0.25, -0.2) is 9.78 Å². The van der Waals surface area contributed by atoms with Gasteiger partial charge in [-0.05, 0) is 12.3 Å². The summed E-state index contributed by atoms with van der Waals surface area (Å²) in [4.78, 5) is 30.2. The number of hydrogen-bond acceptors (Lipinski definition) is 4. The molecular formula is C11H13N3O3. The lowest BCUT2D eigenvalue weighted by Gasteiger charge is -2.13. The lowest BCUT2D eigenvalue weighted by Crippen LogP contribution is -2.41. The van der Waals surface area contributed by atoms with Crippen molar-refractivity contribution in [2.24, 2.45) is 5.92 Å². The van der Waals surface area contributed by atoms with Crippen LogP contribution in [0.5, 0.6) is 0 Å². The third-order valence-corrected chi connectivity index (χ3v) is 2.67. The molecule has 1 aromatic heterocycles. The zero-order valence-electron chi connectivity index (χ0n) is 9.17. The molecule has 1 aliphatic rings. The van der Waals surface area contributed by atoms with Crippen LogP contribution < -0.4 is 5.32 Å². The fraction of sp³-hybridized carbons (Fsp3) is 0.455. The second-order valence-electron chi connectivity index (χ2n) is 4.13. The Morgan fingerprint density at radius 2 is 2.24 bits per heavy atom. The molecule has 0 aliphatic heterocycles. The number of nitrogens with one attached hydrogen (secondary N) is 1. The fourth-order valence-corrected chi connectivity index (χ4v) is 1.56. The highest BCUT2D eigenvalue weighted by molar-refractivity contribution is 5.94. The standard InChI is InChI=1S/C11H13N3O3/c15-10(9-6-12-3-4-13-9)14-8(11(16)17)5-7-1-2-7/h3-4,6-8H,1-2,5H2,(H,14,15)(H,16,17). The molecular weight excluding hydrogens is 222 g/mol. The van der Waals surface area contributed by atoms with Crippen LogP contribution in [0.1, 0.15) is 29.8 Å². The minimum atomic E-state index is -1.01. The van der Waals surface area contributed by atoms with Crippen molar-refractivity contribution in [3.8, 4) is 0 Å². The summed E-state index contributed by atoms with van der Waals surface area (Å²) in [5, 5.41) is 11.5. The molecule has 0 bridgehead atoms. The number of carboxylic acids is 1. The Balaban J connectivity index is 1.97. The largest absolute Gasteiger partial charge is 0.480 e. The molecule has 0 aromatic carbocycles. The molecule has 1 heterocycles. The number of aliphatic carboxylic acids is 1. The summed E-state index contributed by atoms with van der Waals surface area (Å²) in [7, 11) is 0. The van der Waals surface area contributed by atoms with Crippen molar-refractivity contribution < 1.29 is 14.7 Å². The molecule has 2 rings (SSSR count). The maximum Gasteiger partial charge on any atom is 0.326 e. The second kappa shape index (κ2) is 4.90. The highest BCUT2D eigenvalue weighted by Crippen LogP contribution is 2.33.